The molecule has 3 unspecified atom stereocenters. The number of unbranched alkanes of at least 4 members (excludes halogenated alkanes) is 6. The Morgan fingerprint density at radius 2 is 1.50 bits per heavy atom. The van der Waals surface area contributed by atoms with E-state index in [0.717, 1.165) is 51.4 Å². The lowest BCUT2D eigenvalue weighted by Gasteiger charge is -2.15. The standard InChI is InChI=1S/C19H36O5/c1-3-11-16(20)14-15-18(22)17(21)12-9-7-5-4-6-8-10-13-19(23)24-2/h14-18,20-22H,3-13H2,1-2H3. The molecule has 0 saturated heterocycles. The van der Waals surface area contributed by atoms with E-state index in [1.807, 2.05) is 6.92 Å². The van der Waals surface area contributed by atoms with Crippen LogP contribution in [0.15, 0.2) is 12.2 Å². The molecule has 0 aliphatic rings. The lowest BCUT2D eigenvalue weighted by Crippen LogP contribution is -2.24. The fourth-order valence-corrected chi connectivity index (χ4v) is 2.54. The molecule has 0 rings (SSSR count). The Morgan fingerprint density at radius 1 is 0.917 bits per heavy atom. The molecule has 3 N–H and O–H groups in total. The topological polar surface area (TPSA) is 87.0 Å². The van der Waals surface area contributed by atoms with Gasteiger partial charge in [0, 0.05) is 6.42 Å². The average Bonchev–Trinajstić information content (AvgIpc) is 2.57. The minimum Gasteiger partial charge on any atom is -0.469 e. The molecule has 0 aromatic carbocycles. The van der Waals surface area contributed by atoms with Crippen molar-refractivity contribution in [3.05, 3.63) is 12.2 Å². The molecule has 5 heteroatoms. The van der Waals surface area contributed by atoms with E-state index >= 15 is 0 Å². The number of hydrogen-bond donors (Lipinski definition) is 3. The van der Waals surface area contributed by atoms with E-state index in [-0.39, 0.29) is 5.97 Å². The summed E-state index contributed by atoms with van der Waals surface area (Å²) >= 11 is 0. The highest BCUT2D eigenvalue weighted by Gasteiger charge is 2.13. The van der Waals surface area contributed by atoms with E-state index in [4.69, 9.17) is 0 Å². The van der Waals surface area contributed by atoms with E-state index in [9.17, 15) is 20.1 Å². The number of carbonyl (C=O) groups excluding carboxylic acids is 1. The van der Waals surface area contributed by atoms with Crippen LogP contribution in [0.25, 0.3) is 0 Å². The van der Waals surface area contributed by atoms with Crippen LogP contribution in [-0.4, -0.2) is 46.7 Å². The summed E-state index contributed by atoms with van der Waals surface area (Å²) in [6.45, 7) is 1.99. The summed E-state index contributed by atoms with van der Waals surface area (Å²) in [4.78, 5) is 10.9. The second-order valence-corrected chi connectivity index (χ2v) is 6.39. The second kappa shape index (κ2) is 15.6. The van der Waals surface area contributed by atoms with Crippen LogP contribution in [0.4, 0.5) is 0 Å². The first-order chi connectivity index (χ1) is 11.5. The number of ether oxygens (including phenoxy) is 1. The largest absolute Gasteiger partial charge is 0.469 e. The third-order valence-corrected chi connectivity index (χ3v) is 4.12. The van der Waals surface area contributed by atoms with Gasteiger partial charge in [-0.05, 0) is 19.3 Å². The molecule has 0 radical (unpaired) electrons. The van der Waals surface area contributed by atoms with Crippen molar-refractivity contribution < 1.29 is 24.9 Å². The van der Waals surface area contributed by atoms with Crippen molar-refractivity contribution in [2.45, 2.75) is 95.9 Å². The van der Waals surface area contributed by atoms with Crippen LogP contribution in [0.2, 0.25) is 0 Å². The lowest BCUT2D eigenvalue weighted by atomic mass is 10.0. The molecule has 0 bridgehead atoms. The maximum atomic E-state index is 10.9. The second-order valence-electron chi connectivity index (χ2n) is 6.39. The van der Waals surface area contributed by atoms with Gasteiger partial charge in [0.25, 0.3) is 0 Å². The molecule has 0 aliphatic heterocycles. The Hall–Kier alpha value is -0.910. The van der Waals surface area contributed by atoms with Gasteiger partial charge in [-0.15, -0.1) is 0 Å². The van der Waals surface area contributed by atoms with Gasteiger partial charge in [0.15, 0.2) is 0 Å². The zero-order chi connectivity index (χ0) is 18.2. The van der Waals surface area contributed by atoms with Crippen molar-refractivity contribution in [1.82, 2.24) is 0 Å². The van der Waals surface area contributed by atoms with Crippen molar-refractivity contribution in [2.75, 3.05) is 7.11 Å². The van der Waals surface area contributed by atoms with E-state index in [1.54, 1.807) is 6.08 Å². The molecule has 5 nitrogen and oxygen atoms in total. The number of aliphatic hydroxyl groups excluding tert-OH is 3. The Balaban J connectivity index is 3.54. The number of carbonyl (C=O) groups is 1. The number of esters is 1. The fraction of sp³-hybridized carbons (Fsp3) is 0.842. The van der Waals surface area contributed by atoms with Gasteiger partial charge in [0.1, 0.15) is 0 Å². The summed E-state index contributed by atoms with van der Waals surface area (Å²) in [5, 5.41) is 29.2. The van der Waals surface area contributed by atoms with Gasteiger partial charge in [-0.25, -0.2) is 0 Å². The minimum absolute atomic E-state index is 0.140. The summed E-state index contributed by atoms with van der Waals surface area (Å²) in [5.74, 6) is -0.140. The predicted molar refractivity (Wildman–Crippen MR) is 95.6 cm³/mol. The zero-order valence-corrected chi connectivity index (χ0v) is 15.3. The van der Waals surface area contributed by atoms with Crippen LogP contribution in [-0.2, 0) is 9.53 Å². The summed E-state index contributed by atoms with van der Waals surface area (Å²) in [5.41, 5.74) is 0. The molecule has 3 atom stereocenters. The molecule has 0 aromatic heterocycles. The van der Waals surface area contributed by atoms with Crippen LogP contribution in [0.1, 0.15) is 77.6 Å². The Morgan fingerprint density at radius 3 is 2.08 bits per heavy atom. The van der Waals surface area contributed by atoms with E-state index < -0.39 is 18.3 Å². The van der Waals surface area contributed by atoms with Gasteiger partial charge in [-0.2, -0.15) is 0 Å². The highest BCUT2D eigenvalue weighted by molar-refractivity contribution is 5.68. The molecule has 0 amide bonds. The van der Waals surface area contributed by atoms with Crippen molar-refractivity contribution in [3.8, 4) is 0 Å². The smallest absolute Gasteiger partial charge is 0.305 e. The molecule has 0 fully saturated rings. The number of hydrogen-bond acceptors (Lipinski definition) is 5. The van der Waals surface area contributed by atoms with Gasteiger partial charge in [0.05, 0.1) is 25.4 Å². The molecule has 142 valence electrons. The summed E-state index contributed by atoms with van der Waals surface area (Å²) in [6.07, 6.45) is 10.6. The SMILES string of the molecule is CCCC(O)C=CC(O)C(O)CCCCCCCCCC(=O)OC. The van der Waals surface area contributed by atoms with Crippen molar-refractivity contribution in [3.63, 3.8) is 0 Å². The molecule has 0 aromatic rings. The molecule has 24 heavy (non-hydrogen) atoms. The Labute approximate surface area is 146 Å². The Kier molecular flexibility index (Phi) is 15.0. The third-order valence-electron chi connectivity index (χ3n) is 4.12. The monoisotopic (exact) mass is 344 g/mol. The van der Waals surface area contributed by atoms with Crippen LogP contribution in [0.3, 0.4) is 0 Å². The van der Waals surface area contributed by atoms with E-state index in [0.29, 0.717) is 19.3 Å². The number of aliphatic hydroxyl groups is 3. The van der Waals surface area contributed by atoms with Crippen molar-refractivity contribution in [1.29, 1.82) is 0 Å². The summed E-state index contributed by atoms with van der Waals surface area (Å²) < 4.78 is 4.59. The van der Waals surface area contributed by atoms with Crippen LogP contribution >= 0.6 is 0 Å². The van der Waals surface area contributed by atoms with Gasteiger partial charge >= 0.3 is 5.97 Å². The van der Waals surface area contributed by atoms with Gasteiger partial charge in [0.2, 0.25) is 0 Å². The normalized spacial score (nSPS) is 15.4. The zero-order valence-electron chi connectivity index (χ0n) is 15.3. The van der Waals surface area contributed by atoms with Crippen LogP contribution in [0, 0.1) is 0 Å². The molecule has 0 aliphatic carbocycles. The maximum absolute atomic E-state index is 10.9. The first kappa shape index (κ1) is 23.1. The van der Waals surface area contributed by atoms with Crippen LogP contribution in [0.5, 0.6) is 0 Å². The first-order valence-corrected chi connectivity index (χ1v) is 9.30. The molecule has 0 saturated carbocycles. The summed E-state index contributed by atoms with van der Waals surface area (Å²) in [7, 11) is 1.41. The number of methoxy groups -OCH3 is 1. The number of rotatable bonds is 15. The summed E-state index contributed by atoms with van der Waals surface area (Å²) in [6, 6.07) is 0. The fourth-order valence-electron chi connectivity index (χ4n) is 2.54. The highest BCUT2D eigenvalue weighted by Crippen LogP contribution is 2.13. The third kappa shape index (κ3) is 13.5. The molecule has 0 spiro atoms. The Bertz CT molecular complexity index is 330. The first-order valence-electron chi connectivity index (χ1n) is 9.30. The quantitative estimate of drug-likeness (QED) is 0.241. The molecular weight excluding hydrogens is 308 g/mol. The predicted octanol–water partition coefficient (Wildman–Crippen LogP) is 3.11. The maximum Gasteiger partial charge on any atom is 0.305 e. The van der Waals surface area contributed by atoms with Crippen molar-refractivity contribution >= 4 is 5.97 Å². The van der Waals surface area contributed by atoms with Crippen LogP contribution < -0.4 is 0 Å². The average molecular weight is 344 g/mol. The van der Waals surface area contributed by atoms with Gasteiger partial charge in [-0.3, -0.25) is 4.79 Å². The van der Waals surface area contributed by atoms with E-state index in [1.165, 1.54) is 13.2 Å². The minimum atomic E-state index is -0.908. The molecule has 0 heterocycles. The van der Waals surface area contributed by atoms with Crippen molar-refractivity contribution in [2.24, 2.45) is 0 Å². The highest BCUT2D eigenvalue weighted by atomic mass is 16.5. The van der Waals surface area contributed by atoms with Gasteiger partial charge < -0.3 is 20.1 Å². The molecular formula is C19H36O5. The van der Waals surface area contributed by atoms with E-state index in [2.05, 4.69) is 4.74 Å². The lowest BCUT2D eigenvalue weighted by molar-refractivity contribution is -0.140. The van der Waals surface area contributed by atoms with Gasteiger partial charge in [-0.1, -0.05) is 64.0 Å².